The van der Waals surface area contributed by atoms with Gasteiger partial charge in [-0.2, -0.15) is 0 Å². The van der Waals surface area contributed by atoms with Crippen molar-refractivity contribution in [3.05, 3.63) is 33.9 Å². The largest absolute Gasteiger partial charge is 0.398 e. The van der Waals surface area contributed by atoms with E-state index < -0.39 is 4.92 Å². The molecule has 3 N–H and O–H groups in total. The Labute approximate surface area is 124 Å². The number of aliphatic hydroxyl groups excluding tert-OH is 1. The van der Waals surface area contributed by atoms with E-state index in [1.54, 1.807) is 12.1 Å². The summed E-state index contributed by atoms with van der Waals surface area (Å²) in [5, 5.41) is 20.2. The lowest BCUT2D eigenvalue weighted by Gasteiger charge is -2.34. The number of aliphatic hydroxyl groups is 1. The molecular formula is C15H23N3O3. The van der Waals surface area contributed by atoms with E-state index >= 15 is 0 Å². The lowest BCUT2D eigenvalue weighted by molar-refractivity contribution is -0.384. The molecule has 1 aromatic rings. The number of non-ortho nitro benzene ring substituents is 1. The van der Waals surface area contributed by atoms with Gasteiger partial charge in [0.2, 0.25) is 0 Å². The molecule has 1 aliphatic carbocycles. The van der Waals surface area contributed by atoms with Crippen LogP contribution in [0, 0.1) is 10.1 Å². The van der Waals surface area contributed by atoms with Gasteiger partial charge in [0.25, 0.3) is 5.69 Å². The van der Waals surface area contributed by atoms with Gasteiger partial charge in [0.15, 0.2) is 0 Å². The second kappa shape index (κ2) is 7.38. The zero-order valence-electron chi connectivity index (χ0n) is 12.2. The van der Waals surface area contributed by atoms with E-state index in [2.05, 4.69) is 4.90 Å². The highest BCUT2D eigenvalue weighted by Crippen LogP contribution is 2.26. The second-order valence-corrected chi connectivity index (χ2v) is 5.63. The number of nitro groups is 1. The van der Waals surface area contributed by atoms with Crippen LogP contribution in [0.2, 0.25) is 0 Å². The molecule has 0 aliphatic heterocycles. The first-order chi connectivity index (χ1) is 10.1. The van der Waals surface area contributed by atoms with Crippen LogP contribution in [0.4, 0.5) is 11.4 Å². The quantitative estimate of drug-likeness (QED) is 0.477. The SMILES string of the molecule is Nc1ccc([N+](=O)[O-])cc1CN(CCO)C1CCCCC1. The van der Waals surface area contributed by atoms with Crippen molar-refractivity contribution >= 4 is 11.4 Å². The van der Waals surface area contributed by atoms with Gasteiger partial charge >= 0.3 is 0 Å². The van der Waals surface area contributed by atoms with Crippen LogP contribution >= 0.6 is 0 Å². The van der Waals surface area contributed by atoms with Crippen molar-refractivity contribution in [1.29, 1.82) is 0 Å². The summed E-state index contributed by atoms with van der Waals surface area (Å²) < 4.78 is 0. The van der Waals surface area contributed by atoms with Gasteiger partial charge in [-0.3, -0.25) is 15.0 Å². The molecule has 0 unspecified atom stereocenters. The topological polar surface area (TPSA) is 92.6 Å². The monoisotopic (exact) mass is 293 g/mol. The zero-order valence-corrected chi connectivity index (χ0v) is 12.2. The van der Waals surface area contributed by atoms with Crippen LogP contribution < -0.4 is 5.73 Å². The third-order valence-electron chi connectivity index (χ3n) is 4.19. The van der Waals surface area contributed by atoms with E-state index in [0.717, 1.165) is 18.4 Å². The molecular weight excluding hydrogens is 270 g/mol. The summed E-state index contributed by atoms with van der Waals surface area (Å²) in [6, 6.07) is 4.99. The minimum Gasteiger partial charge on any atom is -0.398 e. The zero-order chi connectivity index (χ0) is 15.2. The molecule has 1 saturated carbocycles. The van der Waals surface area contributed by atoms with Crippen LogP contribution in [0.15, 0.2) is 18.2 Å². The van der Waals surface area contributed by atoms with E-state index in [9.17, 15) is 15.2 Å². The Hall–Kier alpha value is -1.66. The standard InChI is InChI=1S/C15H23N3O3/c16-15-7-6-14(18(20)21)10-12(15)11-17(8-9-19)13-4-2-1-3-5-13/h6-7,10,13,19H,1-5,8-9,11,16H2. The Balaban J connectivity index is 2.15. The van der Waals surface area contributed by atoms with Crippen molar-refractivity contribution in [2.24, 2.45) is 0 Å². The number of nitro benzene ring substituents is 1. The third kappa shape index (κ3) is 4.15. The predicted molar refractivity (Wildman–Crippen MR) is 81.9 cm³/mol. The molecule has 0 radical (unpaired) electrons. The van der Waals surface area contributed by atoms with Gasteiger partial charge in [-0.1, -0.05) is 19.3 Å². The van der Waals surface area contributed by atoms with Gasteiger partial charge in [-0.25, -0.2) is 0 Å². The molecule has 6 heteroatoms. The van der Waals surface area contributed by atoms with Crippen LogP contribution in [-0.4, -0.2) is 34.1 Å². The summed E-state index contributed by atoms with van der Waals surface area (Å²) in [5.74, 6) is 0. The van der Waals surface area contributed by atoms with Crippen LogP contribution in [0.5, 0.6) is 0 Å². The number of benzene rings is 1. The van der Waals surface area contributed by atoms with Crippen molar-refractivity contribution in [3.63, 3.8) is 0 Å². The first kappa shape index (κ1) is 15.7. The number of nitrogens with two attached hydrogens (primary N) is 1. The molecule has 1 aliphatic rings. The van der Waals surface area contributed by atoms with E-state index in [1.165, 1.54) is 25.3 Å². The summed E-state index contributed by atoms with van der Waals surface area (Å²) in [4.78, 5) is 12.7. The number of anilines is 1. The number of nitrogen functional groups attached to an aromatic ring is 1. The summed E-state index contributed by atoms with van der Waals surface area (Å²) in [5.41, 5.74) is 7.35. The Morgan fingerprint density at radius 1 is 1.33 bits per heavy atom. The maximum absolute atomic E-state index is 10.9. The maximum atomic E-state index is 10.9. The minimum atomic E-state index is -0.403. The van der Waals surface area contributed by atoms with E-state index in [4.69, 9.17) is 5.73 Å². The average molecular weight is 293 g/mol. The molecule has 21 heavy (non-hydrogen) atoms. The first-order valence-electron chi connectivity index (χ1n) is 7.49. The summed E-state index contributed by atoms with van der Waals surface area (Å²) in [6.45, 7) is 1.22. The van der Waals surface area contributed by atoms with Gasteiger partial charge in [0.1, 0.15) is 0 Å². The molecule has 116 valence electrons. The summed E-state index contributed by atoms with van der Waals surface area (Å²) in [7, 11) is 0. The fourth-order valence-electron chi connectivity index (χ4n) is 3.03. The number of hydrogen-bond donors (Lipinski definition) is 2. The lowest BCUT2D eigenvalue weighted by atomic mass is 9.93. The molecule has 1 aromatic carbocycles. The minimum absolute atomic E-state index is 0.0618. The molecule has 1 fully saturated rings. The first-order valence-corrected chi connectivity index (χ1v) is 7.49. The number of nitrogens with zero attached hydrogens (tertiary/aromatic N) is 2. The molecule has 0 saturated heterocycles. The Morgan fingerprint density at radius 3 is 2.67 bits per heavy atom. The van der Waals surface area contributed by atoms with Gasteiger partial charge < -0.3 is 10.8 Å². The van der Waals surface area contributed by atoms with Crippen molar-refractivity contribution in [2.45, 2.75) is 44.7 Å². The molecule has 0 aromatic heterocycles. The van der Waals surface area contributed by atoms with Crippen molar-refractivity contribution in [3.8, 4) is 0 Å². The fraction of sp³-hybridized carbons (Fsp3) is 0.600. The Bertz CT molecular complexity index is 487. The van der Waals surface area contributed by atoms with Crippen LogP contribution in [0.3, 0.4) is 0 Å². The summed E-state index contributed by atoms with van der Waals surface area (Å²) in [6.07, 6.45) is 5.92. The van der Waals surface area contributed by atoms with E-state index in [0.29, 0.717) is 24.8 Å². The second-order valence-electron chi connectivity index (χ2n) is 5.63. The molecule has 0 bridgehead atoms. The van der Waals surface area contributed by atoms with Crippen molar-refractivity contribution in [1.82, 2.24) is 4.90 Å². The van der Waals surface area contributed by atoms with Gasteiger partial charge in [-0.15, -0.1) is 0 Å². The lowest BCUT2D eigenvalue weighted by Crippen LogP contribution is -2.38. The van der Waals surface area contributed by atoms with Crippen molar-refractivity contribution < 1.29 is 10.0 Å². The molecule has 0 heterocycles. The van der Waals surface area contributed by atoms with Crippen LogP contribution in [0.1, 0.15) is 37.7 Å². The highest BCUT2D eigenvalue weighted by molar-refractivity contribution is 5.52. The van der Waals surface area contributed by atoms with Crippen LogP contribution in [-0.2, 0) is 6.54 Å². The Morgan fingerprint density at radius 2 is 2.05 bits per heavy atom. The predicted octanol–water partition coefficient (Wildman–Crippen LogP) is 2.30. The molecule has 2 rings (SSSR count). The fourth-order valence-corrected chi connectivity index (χ4v) is 3.03. The normalized spacial score (nSPS) is 16.3. The van der Waals surface area contributed by atoms with E-state index in [1.807, 2.05) is 0 Å². The van der Waals surface area contributed by atoms with Gasteiger partial charge in [-0.05, 0) is 24.5 Å². The summed E-state index contributed by atoms with van der Waals surface area (Å²) >= 11 is 0. The van der Waals surface area contributed by atoms with Crippen molar-refractivity contribution in [2.75, 3.05) is 18.9 Å². The molecule has 0 spiro atoms. The third-order valence-corrected chi connectivity index (χ3v) is 4.19. The van der Waals surface area contributed by atoms with Gasteiger partial charge in [0, 0.05) is 37.0 Å². The van der Waals surface area contributed by atoms with Crippen LogP contribution in [0.25, 0.3) is 0 Å². The molecule has 0 amide bonds. The number of hydrogen-bond acceptors (Lipinski definition) is 5. The number of rotatable bonds is 6. The molecule has 6 nitrogen and oxygen atoms in total. The van der Waals surface area contributed by atoms with E-state index in [-0.39, 0.29) is 12.3 Å². The smallest absolute Gasteiger partial charge is 0.269 e. The molecule has 0 atom stereocenters. The van der Waals surface area contributed by atoms with Gasteiger partial charge in [0.05, 0.1) is 11.5 Å². The Kier molecular flexibility index (Phi) is 5.52. The maximum Gasteiger partial charge on any atom is 0.269 e. The average Bonchev–Trinajstić information content (AvgIpc) is 2.49. The highest BCUT2D eigenvalue weighted by atomic mass is 16.6. The highest BCUT2D eigenvalue weighted by Gasteiger charge is 2.22.